The summed E-state index contributed by atoms with van der Waals surface area (Å²) in [5.74, 6) is 0.359. The molecular formula is C27H40O4. The number of hydrogen-bond donors (Lipinski definition) is 2. The van der Waals surface area contributed by atoms with Crippen molar-refractivity contribution in [3.8, 4) is 0 Å². The van der Waals surface area contributed by atoms with E-state index in [0.29, 0.717) is 18.8 Å². The van der Waals surface area contributed by atoms with Gasteiger partial charge in [-0.3, -0.25) is 4.79 Å². The summed E-state index contributed by atoms with van der Waals surface area (Å²) in [5.41, 5.74) is 2.50. The van der Waals surface area contributed by atoms with Crippen LogP contribution in [0.1, 0.15) is 69.9 Å². The van der Waals surface area contributed by atoms with Crippen molar-refractivity contribution in [3.63, 3.8) is 0 Å². The number of rotatable bonds is 12. The van der Waals surface area contributed by atoms with Gasteiger partial charge in [-0.25, -0.2) is 0 Å². The van der Waals surface area contributed by atoms with E-state index < -0.39 is 6.10 Å². The van der Waals surface area contributed by atoms with Gasteiger partial charge >= 0.3 is 5.97 Å². The average molecular weight is 429 g/mol. The Balaban J connectivity index is 1.72. The SMILES string of the molecule is Cc1cccc(CC[C@H](O)/C=C/[C@H]2CC[C@H](O)[C@@H]2C/C=C\CCCC(=O)OC(C)C)c1. The van der Waals surface area contributed by atoms with Crippen molar-refractivity contribution in [3.05, 3.63) is 59.7 Å². The lowest BCUT2D eigenvalue weighted by molar-refractivity contribution is -0.147. The van der Waals surface area contributed by atoms with E-state index in [2.05, 4.69) is 49.4 Å². The van der Waals surface area contributed by atoms with E-state index in [0.717, 1.165) is 38.5 Å². The van der Waals surface area contributed by atoms with Crippen molar-refractivity contribution in [2.24, 2.45) is 11.8 Å². The first kappa shape index (κ1) is 25.4. The zero-order valence-electron chi connectivity index (χ0n) is 19.4. The van der Waals surface area contributed by atoms with Crippen LogP contribution in [-0.2, 0) is 16.0 Å². The van der Waals surface area contributed by atoms with Crippen LogP contribution in [0.4, 0.5) is 0 Å². The Morgan fingerprint density at radius 3 is 2.81 bits per heavy atom. The molecule has 0 aliphatic heterocycles. The van der Waals surface area contributed by atoms with Crippen LogP contribution >= 0.6 is 0 Å². The molecule has 0 heterocycles. The molecule has 31 heavy (non-hydrogen) atoms. The third-order valence-electron chi connectivity index (χ3n) is 5.93. The lowest BCUT2D eigenvalue weighted by Crippen LogP contribution is -2.17. The summed E-state index contributed by atoms with van der Waals surface area (Å²) in [5, 5.41) is 20.7. The minimum Gasteiger partial charge on any atom is -0.463 e. The number of carbonyl (C=O) groups is 1. The second-order valence-corrected chi connectivity index (χ2v) is 9.09. The molecule has 1 saturated carbocycles. The fourth-order valence-electron chi connectivity index (χ4n) is 4.25. The van der Waals surface area contributed by atoms with Crippen molar-refractivity contribution in [2.45, 2.75) is 90.4 Å². The number of ether oxygens (including phenoxy) is 1. The number of aliphatic hydroxyl groups is 2. The molecule has 4 heteroatoms. The van der Waals surface area contributed by atoms with Gasteiger partial charge in [0.25, 0.3) is 0 Å². The molecule has 2 N–H and O–H groups in total. The topological polar surface area (TPSA) is 66.8 Å². The highest BCUT2D eigenvalue weighted by Gasteiger charge is 2.32. The number of esters is 1. The molecule has 0 unspecified atom stereocenters. The van der Waals surface area contributed by atoms with E-state index in [-0.39, 0.29) is 24.1 Å². The van der Waals surface area contributed by atoms with Crippen LogP contribution in [0, 0.1) is 18.8 Å². The Hall–Kier alpha value is -1.91. The van der Waals surface area contributed by atoms with Gasteiger partial charge in [0.1, 0.15) is 0 Å². The minimum atomic E-state index is -0.458. The van der Waals surface area contributed by atoms with Crippen LogP contribution in [0.2, 0.25) is 0 Å². The predicted octanol–water partition coefficient (Wildman–Crippen LogP) is 5.30. The van der Waals surface area contributed by atoms with Gasteiger partial charge < -0.3 is 14.9 Å². The van der Waals surface area contributed by atoms with E-state index in [4.69, 9.17) is 4.74 Å². The molecule has 1 aromatic rings. The Bertz CT molecular complexity index is 722. The van der Waals surface area contributed by atoms with Crippen molar-refractivity contribution < 1.29 is 19.7 Å². The summed E-state index contributed by atoms with van der Waals surface area (Å²) in [6.45, 7) is 5.80. The molecule has 1 aliphatic carbocycles. The maximum atomic E-state index is 11.5. The van der Waals surface area contributed by atoms with Gasteiger partial charge in [0.15, 0.2) is 0 Å². The number of benzene rings is 1. The summed E-state index contributed by atoms with van der Waals surface area (Å²) < 4.78 is 5.14. The molecule has 0 spiro atoms. The molecule has 0 saturated heterocycles. The zero-order chi connectivity index (χ0) is 22.6. The zero-order valence-corrected chi connectivity index (χ0v) is 19.4. The highest BCUT2D eigenvalue weighted by Crippen LogP contribution is 2.36. The van der Waals surface area contributed by atoms with E-state index in [1.165, 1.54) is 11.1 Å². The number of aliphatic hydroxyl groups excluding tert-OH is 2. The van der Waals surface area contributed by atoms with Gasteiger partial charge in [0, 0.05) is 6.42 Å². The Morgan fingerprint density at radius 2 is 2.06 bits per heavy atom. The number of unbranched alkanes of at least 4 members (excludes halogenated alkanes) is 1. The molecule has 0 bridgehead atoms. The molecule has 0 radical (unpaired) electrons. The normalized spacial score (nSPS) is 22.6. The van der Waals surface area contributed by atoms with Crippen LogP contribution in [0.5, 0.6) is 0 Å². The maximum Gasteiger partial charge on any atom is 0.306 e. The van der Waals surface area contributed by atoms with Crippen molar-refractivity contribution in [2.75, 3.05) is 0 Å². The van der Waals surface area contributed by atoms with E-state index in [1.54, 1.807) is 0 Å². The first-order valence-electron chi connectivity index (χ1n) is 11.8. The summed E-state index contributed by atoms with van der Waals surface area (Å²) in [7, 11) is 0. The molecule has 0 amide bonds. The summed E-state index contributed by atoms with van der Waals surface area (Å²) >= 11 is 0. The molecule has 2 rings (SSSR count). The van der Waals surface area contributed by atoms with Gasteiger partial charge in [-0.05, 0) is 83.1 Å². The lowest BCUT2D eigenvalue weighted by atomic mass is 9.90. The maximum absolute atomic E-state index is 11.5. The van der Waals surface area contributed by atoms with Gasteiger partial charge in [-0.2, -0.15) is 0 Å². The molecule has 1 fully saturated rings. The second-order valence-electron chi connectivity index (χ2n) is 9.09. The summed E-state index contributed by atoms with van der Waals surface area (Å²) in [6.07, 6.45) is 13.7. The molecule has 1 aromatic carbocycles. The van der Waals surface area contributed by atoms with E-state index in [9.17, 15) is 15.0 Å². The predicted molar refractivity (Wildman–Crippen MR) is 126 cm³/mol. The largest absolute Gasteiger partial charge is 0.463 e. The fraction of sp³-hybridized carbons (Fsp3) is 0.593. The minimum absolute atomic E-state index is 0.0575. The van der Waals surface area contributed by atoms with Gasteiger partial charge in [0.05, 0.1) is 18.3 Å². The smallest absolute Gasteiger partial charge is 0.306 e. The molecule has 4 atom stereocenters. The van der Waals surface area contributed by atoms with Crippen molar-refractivity contribution in [1.29, 1.82) is 0 Å². The molecule has 172 valence electrons. The summed E-state index contributed by atoms with van der Waals surface area (Å²) in [4.78, 5) is 11.5. The van der Waals surface area contributed by atoms with Gasteiger partial charge in [0.2, 0.25) is 0 Å². The van der Waals surface area contributed by atoms with Crippen LogP contribution in [0.15, 0.2) is 48.6 Å². The third kappa shape index (κ3) is 9.84. The third-order valence-corrected chi connectivity index (χ3v) is 5.93. The molecule has 4 nitrogen and oxygen atoms in total. The Labute approximate surface area is 188 Å². The fourth-order valence-corrected chi connectivity index (χ4v) is 4.25. The Morgan fingerprint density at radius 1 is 1.26 bits per heavy atom. The average Bonchev–Trinajstić information content (AvgIpc) is 3.06. The standard InChI is InChI=1S/C27H40O4/c1-20(2)31-27(30)12-7-5-4-6-11-25-23(15-18-26(25)29)14-17-24(28)16-13-22-10-8-9-21(3)19-22/h4,6,8-10,14,17,19-20,23-26,28-29H,5,7,11-13,15-16,18H2,1-3H3/b6-4-,17-14+/t23-,24-,25+,26-/m0/s1. The van der Waals surface area contributed by atoms with Crippen molar-refractivity contribution in [1.82, 2.24) is 0 Å². The first-order chi connectivity index (χ1) is 14.8. The highest BCUT2D eigenvalue weighted by atomic mass is 16.5. The molecule has 1 aliphatic rings. The lowest BCUT2D eigenvalue weighted by Gasteiger charge is -2.18. The quantitative estimate of drug-likeness (QED) is 0.269. The number of allylic oxidation sites excluding steroid dienone is 3. The van der Waals surface area contributed by atoms with E-state index >= 15 is 0 Å². The number of carbonyl (C=O) groups excluding carboxylic acids is 1. The van der Waals surface area contributed by atoms with Crippen molar-refractivity contribution >= 4 is 5.97 Å². The Kier molecular flexibility index (Phi) is 11.0. The van der Waals surface area contributed by atoms with Crippen LogP contribution in [0.25, 0.3) is 0 Å². The molecule has 0 aromatic heterocycles. The second kappa shape index (κ2) is 13.5. The van der Waals surface area contributed by atoms with Crippen LogP contribution in [-0.4, -0.2) is 34.5 Å². The van der Waals surface area contributed by atoms with Gasteiger partial charge in [-0.15, -0.1) is 0 Å². The van der Waals surface area contributed by atoms with E-state index in [1.807, 2.05) is 19.9 Å². The van der Waals surface area contributed by atoms with Crippen LogP contribution < -0.4 is 0 Å². The monoisotopic (exact) mass is 428 g/mol. The summed E-state index contributed by atoms with van der Waals surface area (Å²) in [6, 6.07) is 8.41. The van der Waals surface area contributed by atoms with Gasteiger partial charge in [-0.1, -0.05) is 54.1 Å². The van der Waals surface area contributed by atoms with Crippen LogP contribution in [0.3, 0.4) is 0 Å². The molecular weight excluding hydrogens is 388 g/mol. The first-order valence-corrected chi connectivity index (χ1v) is 11.8. The number of aryl methyl sites for hydroxylation is 2. The number of hydrogen-bond acceptors (Lipinski definition) is 4. The highest BCUT2D eigenvalue weighted by molar-refractivity contribution is 5.69.